The van der Waals surface area contributed by atoms with E-state index in [9.17, 15) is 4.79 Å². The second-order valence-electron chi connectivity index (χ2n) is 3.12. The van der Waals surface area contributed by atoms with Gasteiger partial charge in [0, 0.05) is 6.54 Å². The Balaban J connectivity index is 2.52. The zero-order chi connectivity index (χ0) is 11.1. The first-order valence-electron chi connectivity index (χ1n) is 4.84. The number of carbonyl (C=O) groups is 1. The van der Waals surface area contributed by atoms with E-state index < -0.39 is 0 Å². The van der Waals surface area contributed by atoms with E-state index in [1.165, 1.54) is 12.7 Å². The molecule has 0 aliphatic heterocycles. The molecular formula is C11H16N2O2. The Morgan fingerprint density at radius 1 is 1.33 bits per heavy atom. The highest BCUT2D eigenvalue weighted by Crippen LogP contribution is 2.05. The average molecular weight is 208 g/mol. The number of esters is 1. The Labute approximate surface area is 89.6 Å². The molecule has 0 atom stereocenters. The van der Waals surface area contributed by atoms with Crippen LogP contribution in [0.5, 0.6) is 0 Å². The molecule has 0 saturated carbocycles. The topological polar surface area (TPSA) is 50.4 Å². The van der Waals surface area contributed by atoms with Crippen molar-refractivity contribution in [3.63, 3.8) is 0 Å². The molecule has 15 heavy (non-hydrogen) atoms. The fourth-order valence-corrected chi connectivity index (χ4v) is 1.26. The predicted octanol–water partition coefficient (Wildman–Crippen LogP) is 0.740. The third-order valence-corrected chi connectivity index (χ3v) is 2.09. The van der Waals surface area contributed by atoms with Crippen LogP contribution in [0.4, 0.5) is 0 Å². The maximum absolute atomic E-state index is 11.1. The van der Waals surface area contributed by atoms with Crippen LogP contribution in [0.15, 0.2) is 24.3 Å². The summed E-state index contributed by atoms with van der Waals surface area (Å²) in [6, 6.07) is 7.42. The zero-order valence-electron chi connectivity index (χ0n) is 9.04. The maximum Gasteiger partial charge on any atom is 0.337 e. The van der Waals surface area contributed by atoms with Gasteiger partial charge in [-0.1, -0.05) is 12.1 Å². The van der Waals surface area contributed by atoms with Gasteiger partial charge >= 0.3 is 5.97 Å². The standard InChI is InChI=1S/C11H16N2O2/c1-12-13-8-7-9-3-5-10(6-4-9)11(14)15-2/h3-6,12-13H,7-8H2,1-2H3. The summed E-state index contributed by atoms with van der Waals surface area (Å²) in [4.78, 5) is 11.1. The van der Waals surface area contributed by atoms with Crippen molar-refractivity contribution in [2.45, 2.75) is 6.42 Å². The van der Waals surface area contributed by atoms with Crippen LogP contribution in [-0.4, -0.2) is 26.7 Å². The van der Waals surface area contributed by atoms with E-state index >= 15 is 0 Å². The molecule has 2 N–H and O–H groups in total. The summed E-state index contributed by atoms with van der Waals surface area (Å²) in [6.07, 6.45) is 0.919. The molecular weight excluding hydrogens is 192 g/mol. The Kier molecular flexibility index (Phi) is 4.80. The van der Waals surface area contributed by atoms with Crippen molar-refractivity contribution in [1.29, 1.82) is 0 Å². The summed E-state index contributed by atoms with van der Waals surface area (Å²) in [5, 5.41) is 0. The molecule has 0 aliphatic carbocycles. The smallest absolute Gasteiger partial charge is 0.337 e. The van der Waals surface area contributed by atoms with Crippen LogP contribution in [0.1, 0.15) is 15.9 Å². The molecule has 0 bridgehead atoms. The number of nitrogens with one attached hydrogen (secondary N) is 2. The first-order valence-corrected chi connectivity index (χ1v) is 4.84. The Morgan fingerprint density at radius 3 is 2.53 bits per heavy atom. The fraction of sp³-hybridized carbons (Fsp3) is 0.364. The van der Waals surface area contributed by atoms with Crippen molar-refractivity contribution in [1.82, 2.24) is 10.9 Å². The zero-order valence-corrected chi connectivity index (χ0v) is 9.04. The number of methoxy groups -OCH3 is 1. The molecule has 0 amide bonds. The molecule has 0 heterocycles. The van der Waals surface area contributed by atoms with Gasteiger partial charge in [-0.15, -0.1) is 0 Å². The second kappa shape index (κ2) is 6.16. The Hall–Kier alpha value is -1.39. The molecule has 4 nitrogen and oxygen atoms in total. The van der Waals surface area contributed by atoms with E-state index in [0.717, 1.165) is 13.0 Å². The van der Waals surface area contributed by atoms with Crippen LogP contribution in [-0.2, 0) is 11.2 Å². The normalized spacial score (nSPS) is 10.0. The molecule has 82 valence electrons. The van der Waals surface area contributed by atoms with Crippen LogP contribution >= 0.6 is 0 Å². The first-order chi connectivity index (χ1) is 7.27. The number of hydrogen-bond donors (Lipinski definition) is 2. The van der Waals surface area contributed by atoms with Gasteiger partial charge in [0.2, 0.25) is 0 Å². The summed E-state index contributed by atoms with van der Waals surface area (Å²) in [5.41, 5.74) is 7.63. The van der Waals surface area contributed by atoms with Crippen LogP contribution in [0.3, 0.4) is 0 Å². The molecule has 0 radical (unpaired) electrons. The van der Waals surface area contributed by atoms with E-state index in [2.05, 4.69) is 15.6 Å². The minimum Gasteiger partial charge on any atom is -0.465 e. The summed E-state index contributed by atoms with van der Waals surface area (Å²) in [6.45, 7) is 0.855. The average Bonchev–Trinajstić information content (AvgIpc) is 2.29. The summed E-state index contributed by atoms with van der Waals surface area (Å²) in [7, 11) is 3.22. The monoisotopic (exact) mass is 208 g/mol. The SMILES string of the molecule is CNNCCc1ccc(C(=O)OC)cc1. The van der Waals surface area contributed by atoms with Crippen molar-refractivity contribution in [3.05, 3.63) is 35.4 Å². The van der Waals surface area contributed by atoms with Gasteiger partial charge in [-0.3, -0.25) is 10.9 Å². The highest BCUT2D eigenvalue weighted by molar-refractivity contribution is 5.89. The summed E-state index contributed by atoms with van der Waals surface area (Å²) in [5.74, 6) is -0.296. The molecule has 0 saturated heterocycles. The molecule has 1 rings (SSSR count). The lowest BCUT2D eigenvalue weighted by atomic mass is 10.1. The van der Waals surface area contributed by atoms with Gasteiger partial charge in [-0.25, -0.2) is 4.79 Å². The van der Waals surface area contributed by atoms with Gasteiger partial charge in [0.1, 0.15) is 0 Å². The van der Waals surface area contributed by atoms with Gasteiger partial charge < -0.3 is 4.74 Å². The van der Waals surface area contributed by atoms with Crippen molar-refractivity contribution in [2.24, 2.45) is 0 Å². The van der Waals surface area contributed by atoms with E-state index in [0.29, 0.717) is 5.56 Å². The van der Waals surface area contributed by atoms with Crippen molar-refractivity contribution < 1.29 is 9.53 Å². The Morgan fingerprint density at radius 2 is 2.00 bits per heavy atom. The van der Waals surface area contributed by atoms with Crippen LogP contribution < -0.4 is 10.9 Å². The van der Waals surface area contributed by atoms with E-state index in [-0.39, 0.29) is 5.97 Å². The van der Waals surface area contributed by atoms with E-state index in [4.69, 9.17) is 0 Å². The maximum atomic E-state index is 11.1. The van der Waals surface area contributed by atoms with Gasteiger partial charge in [-0.05, 0) is 31.2 Å². The van der Waals surface area contributed by atoms with Crippen LogP contribution in [0.25, 0.3) is 0 Å². The highest BCUT2D eigenvalue weighted by Gasteiger charge is 2.03. The van der Waals surface area contributed by atoms with Crippen molar-refractivity contribution >= 4 is 5.97 Å². The number of hydrazine groups is 1. The number of rotatable bonds is 5. The molecule has 0 unspecified atom stereocenters. The predicted molar refractivity (Wildman–Crippen MR) is 58.5 cm³/mol. The molecule has 0 aromatic heterocycles. The second-order valence-corrected chi connectivity index (χ2v) is 3.12. The number of ether oxygens (including phenoxy) is 1. The third kappa shape index (κ3) is 3.69. The molecule has 0 aliphatic rings. The van der Waals surface area contributed by atoms with Gasteiger partial charge in [0.15, 0.2) is 0 Å². The summed E-state index contributed by atoms with van der Waals surface area (Å²) >= 11 is 0. The number of hydrogen-bond acceptors (Lipinski definition) is 4. The molecule has 1 aromatic carbocycles. The van der Waals surface area contributed by atoms with Gasteiger partial charge in [0.25, 0.3) is 0 Å². The van der Waals surface area contributed by atoms with Gasteiger partial charge in [0.05, 0.1) is 12.7 Å². The Bertz CT molecular complexity index is 309. The minimum absolute atomic E-state index is 0.296. The van der Waals surface area contributed by atoms with Gasteiger partial charge in [-0.2, -0.15) is 0 Å². The quantitative estimate of drug-likeness (QED) is 0.426. The fourth-order valence-electron chi connectivity index (χ4n) is 1.26. The molecule has 1 aromatic rings. The van der Waals surface area contributed by atoms with E-state index in [1.54, 1.807) is 12.1 Å². The highest BCUT2D eigenvalue weighted by atomic mass is 16.5. The lowest BCUT2D eigenvalue weighted by Gasteiger charge is -2.04. The lowest BCUT2D eigenvalue weighted by Crippen LogP contribution is -2.29. The molecule has 0 fully saturated rings. The van der Waals surface area contributed by atoms with Crippen molar-refractivity contribution in [3.8, 4) is 0 Å². The van der Waals surface area contributed by atoms with Crippen molar-refractivity contribution in [2.75, 3.05) is 20.7 Å². The largest absolute Gasteiger partial charge is 0.465 e. The van der Waals surface area contributed by atoms with Crippen LogP contribution in [0, 0.1) is 0 Å². The number of benzene rings is 1. The minimum atomic E-state index is -0.296. The molecule has 0 spiro atoms. The first kappa shape index (κ1) is 11.7. The lowest BCUT2D eigenvalue weighted by molar-refractivity contribution is 0.0600. The number of carbonyl (C=O) groups excluding carboxylic acids is 1. The van der Waals surface area contributed by atoms with Crippen LogP contribution in [0.2, 0.25) is 0 Å². The van der Waals surface area contributed by atoms with E-state index in [1.807, 2.05) is 19.2 Å². The summed E-state index contributed by atoms with van der Waals surface area (Å²) < 4.78 is 4.61. The molecule has 4 heteroatoms. The third-order valence-electron chi connectivity index (χ3n) is 2.09.